The third kappa shape index (κ3) is 2.19. The molecule has 3 nitrogen and oxygen atoms in total. The Balaban J connectivity index is 2.14. The lowest BCUT2D eigenvalue weighted by atomic mass is 10.1. The number of Topliss-reactive ketones (excluding diaryl/α,β-unsaturated/α-hetero) is 1. The molecule has 1 heterocycles. The van der Waals surface area contributed by atoms with Crippen molar-refractivity contribution in [2.24, 2.45) is 7.05 Å². The summed E-state index contributed by atoms with van der Waals surface area (Å²) in [6, 6.07) is 8.02. The zero-order valence-corrected chi connectivity index (χ0v) is 9.47. The van der Waals surface area contributed by atoms with Gasteiger partial charge in [0.1, 0.15) is 5.69 Å². The van der Waals surface area contributed by atoms with Gasteiger partial charge in [0.15, 0.2) is 5.78 Å². The highest BCUT2D eigenvalue weighted by Crippen LogP contribution is 2.08. The van der Waals surface area contributed by atoms with E-state index >= 15 is 0 Å². The predicted molar refractivity (Wildman–Crippen MR) is 62.4 cm³/mol. The van der Waals surface area contributed by atoms with Crippen molar-refractivity contribution in [3.05, 3.63) is 53.6 Å². The van der Waals surface area contributed by atoms with Crippen LogP contribution in [0, 0.1) is 6.92 Å². The maximum absolute atomic E-state index is 11.9. The van der Waals surface area contributed by atoms with E-state index < -0.39 is 0 Å². The minimum absolute atomic E-state index is 0.101. The van der Waals surface area contributed by atoms with Crippen molar-refractivity contribution in [2.45, 2.75) is 13.3 Å². The van der Waals surface area contributed by atoms with E-state index in [4.69, 9.17) is 0 Å². The van der Waals surface area contributed by atoms with E-state index in [9.17, 15) is 4.79 Å². The van der Waals surface area contributed by atoms with E-state index in [0.717, 1.165) is 5.56 Å². The van der Waals surface area contributed by atoms with Crippen LogP contribution in [0.25, 0.3) is 0 Å². The van der Waals surface area contributed by atoms with Crippen LogP contribution in [0.15, 0.2) is 36.8 Å². The molecular weight excluding hydrogens is 200 g/mol. The van der Waals surface area contributed by atoms with Crippen LogP contribution < -0.4 is 0 Å². The van der Waals surface area contributed by atoms with Gasteiger partial charge in [0, 0.05) is 13.5 Å². The zero-order chi connectivity index (χ0) is 11.5. The zero-order valence-electron chi connectivity index (χ0n) is 9.47. The third-order valence-electron chi connectivity index (χ3n) is 2.59. The molecule has 0 bridgehead atoms. The van der Waals surface area contributed by atoms with Gasteiger partial charge in [-0.25, -0.2) is 4.98 Å². The highest BCUT2D eigenvalue weighted by Gasteiger charge is 2.10. The van der Waals surface area contributed by atoms with Gasteiger partial charge >= 0.3 is 0 Å². The SMILES string of the molecule is Cc1ccc(CC(=O)c2cncn2C)cc1. The molecule has 3 heteroatoms. The van der Waals surface area contributed by atoms with E-state index in [2.05, 4.69) is 4.98 Å². The van der Waals surface area contributed by atoms with Crippen LogP contribution in [0.2, 0.25) is 0 Å². The number of hydrogen-bond acceptors (Lipinski definition) is 2. The molecule has 0 aliphatic rings. The number of aryl methyl sites for hydroxylation is 2. The molecule has 0 N–H and O–H groups in total. The Morgan fingerprint density at radius 3 is 2.56 bits per heavy atom. The molecule has 0 atom stereocenters. The summed E-state index contributed by atoms with van der Waals surface area (Å²) in [4.78, 5) is 15.9. The lowest BCUT2D eigenvalue weighted by Crippen LogP contribution is -2.08. The van der Waals surface area contributed by atoms with E-state index in [1.807, 2.05) is 38.2 Å². The van der Waals surface area contributed by atoms with Crippen LogP contribution in [-0.4, -0.2) is 15.3 Å². The smallest absolute Gasteiger partial charge is 0.185 e. The molecule has 0 saturated carbocycles. The first-order valence-corrected chi connectivity index (χ1v) is 5.22. The summed E-state index contributed by atoms with van der Waals surface area (Å²) in [5, 5.41) is 0. The van der Waals surface area contributed by atoms with Crippen LogP contribution in [0.3, 0.4) is 0 Å². The molecule has 1 aromatic carbocycles. The van der Waals surface area contributed by atoms with Gasteiger partial charge in [-0.1, -0.05) is 29.8 Å². The van der Waals surface area contributed by atoms with Gasteiger partial charge in [0.25, 0.3) is 0 Å². The van der Waals surface area contributed by atoms with E-state index in [1.54, 1.807) is 17.1 Å². The average molecular weight is 214 g/mol. The van der Waals surface area contributed by atoms with Gasteiger partial charge < -0.3 is 4.57 Å². The summed E-state index contributed by atoms with van der Waals surface area (Å²) in [7, 11) is 1.83. The van der Waals surface area contributed by atoms with E-state index in [-0.39, 0.29) is 5.78 Å². The molecule has 1 aromatic heterocycles. The summed E-state index contributed by atoms with van der Waals surface area (Å²) in [6.07, 6.45) is 3.68. The molecule has 16 heavy (non-hydrogen) atoms. The molecule has 82 valence electrons. The Labute approximate surface area is 94.7 Å². The Kier molecular flexibility index (Phi) is 2.86. The quantitative estimate of drug-likeness (QED) is 0.734. The fourth-order valence-corrected chi connectivity index (χ4v) is 1.61. The minimum atomic E-state index is 0.101. The van der Waals surface area contributed by atoms with Crippen LogP contribution in [0.4, 0.5) is 0 Å². The number of nitrogens with zero attached hydrogens (tertiary/aromatic N) is 2. The Morgan fingerprint density at radius 2 is 2.00 bits per heavy atom. The predicted octanol–water partition coefficient (Wildman–Crippen LogP) is 2.15. The fraction of sp³-hybridized carbons (Fsp3) is 0.231. The molecule has 0 fully saturated rings. The van der Waals surface area contributed by atoms with Crippen molar-refractivity contribution in [2.75, 3.05) is 0 Å². The molecule has 0 saturated heterocycles. The Bertz CT molecular complexity index is 497. The Morgan fingerprint density at radius 1 is 1.31 bits per heavy atom. The summed E-state index contributed by atoms with van der Waals surface area (Å²) in [5.74, 6) is 0.101. The number of ketones is 1. The third-order valence-corrected chi connectivity index (χ3v) is 2.59. The number of rotatable bonds is 3. The summed E-state index contributed by atoms with van der Waals surface area (Å²) >= 11 is 0. The second-order valence-electron chi connectivity index (χ2n) is 3.98. The second-order valence-corrected chi connectivity index (χ2v) is 3.98. The first-order chi connectivity index (χ1) is 7.66. The van der Waals surface area contributed by atoms with Gasteiger partial charge in [-0.2, -0.15) is 0 Å². The number of hydrogen-bond donors (Lipinski definition) is 0. The Hall–Kier alpha value is -1.90. The number of benzene rings is 1. The lowest BCUT2D eigenvalue weighted by molar-refractivity contribution is 0.0985. The molecule has 0 amide bonds. The van der Waals surface area contributed by atoms with Crippen molar-refractivity contribution < 1.29 is 4.79 Å². The van der Waals surface area contributed by atoms with Gasteiger partial charge in [-0.15, -0.1) is 0 Å². The van der Waals surface area contributed by atoms with Crippen molar-refractivity contribution in [3.63, 3.8) is 0 Å². The van der Waals surface area contributed by atoms with Crippen LogP contribution in [0.5, 0.6) is 0 Å². The first-order valence-electron chi connectivity index (χ1n) is 5.22. The number of imidazole rings is 1. The maximum atomic E-state index is 11.9. The van der Waals surface area contributed by atoms with Crippen molar-refractivity contribution >= 4 is 5.78 Å². The van der Waals surface area contributed by atoms with Gasteiger partial charge in [-0.05, 0) is 12.5 Å². The van der Waals surface area contributed by atoms with E-state index in [0.29, 0.717) is 12.1 Å². The molecule has 2 rings (SSSR count). The van der Waals surface area contributed by atoms with Crippen molar-refractivity contribution in [3.8, 4) is 0 Å². The topological polar surface area (TPSA) is 34.9 Å². The maximum Gasteiger partial charge on any atom is 0.185 e. The monoisotopic (exact) mass is 214 g/mol. The highest BCUT2D eigenvalue weighted by molar-refractivity contribution is 5.95. The van der Waals surface area contributed by atoms with Gasteiger partial charge in [0.2, 0.25) is 0 Å². The van der Waals surface area contributed by atoms with Crippen LogP contribution in [-0.2, 0) is 13.5 Å². The fourth-order valence-electron chi connectivity index (χ4n) is 1.61. The van der Waals surface area contributed by atoms with Crippen LogP contribution in [0.1, 0.15) is 21.6 Å². The van der Waals surface area contributed by atoms with Gasteiger partial charge in [0.05, 0.1) is 12.5 Å². The highest BCUT2D eigenvalue weighted by atomic mass is 16.1. The second kappa shape index (κ2) is 4.31. The molecule has 0 unspecified atom stereocenters. The van der Waals surface area contributed by atoms with Gasteiger partial charge in [-0.3, -0.25) is 4.79 Å². The molecular formula is C13H14N2O. The normalized spacial score (nSPS) is 10.4. The largest absolute Gasteiger partial charge is 0.331 e. The number of carbonyl (C=O) groups is 1. The minimum Gasteiger partial charge on any atom is -0.331 e. The number of carbonyl (C=O) groups excluding carboxylic acids is 1. The molecule has 2 aromatic rings. The van der Waals surface area contributed by atoms with Crippen molar-refractivity contribution in [1.29, 1.82) is 0 Å². The first kappa shape index (κ1) is 10.6. The summed E-state index contributed by atoms with van der Waals surface area (Å²) < 4.78 is 1.75. The molecule has 0 aliphatic carbocycles. The summed E-state index contributed by atoms with van der Waals surface area (Å²) in [5.41, 5.74) is 2.90. The summed E-state index contributed by atoms with van der Waals surface area (Å²) in [6.45, 7) is 2.03. The van der Waals surface area contributed by atoms with Crippen LogP contribution >= 0.6 is 0 Å². The average Bonchev–Trinajstić information content (AvgIpc) is 2.68. The molecule has 0 aliphatic heterocycles. The molecule has 0 spiro atoms. The lowest BCUT2D eigenvalue weighted by Gasteiger charge is -2.02. The molecule has 0 radical (unpaired) electrons. The number of aromatic nitrogens is 2. The van der Waals surface area contributed by atoms with E-state index in [1.165, 1.54) is 5.56 Å². The standard InChI is InChI=1S/C13H14N2O/c1-10-3-5-11(6-4-10)7-13(16)12-8-14-9-15(12)2/h3-6,8-9H,7H2,1-2H3. The van der Waals surface area contributed by atoms with Crippen molar-refractivity contribution in [1.82, 2.24) is 9.55 Å².